The van der Waals surface area contributed by atoms with Crippen molar-refractivity contribution in [1.29, 1.82) is 0 Å². The molecule has 2 heterocycles. The van der Waals surface area contributed by atoms with Crippen molar-refractivity contribution in [2.45, 2.75) is 33.2 Å². The Labute approximate surface area is 102 Å². The van der Waals surface area contributed by atoms with E-state index in [2.05, 4.69) is 18.3 Å². The van der Waals surface area contributed by atoms with Gasteiger partial charge in [0.15, 0.2) is 0 Å². The van der Waals surface area contributed by atoms with Crippen molar-refractivity contribution >= 4 is 0 Å². The molecule has 1 N–H and O–H groups in total. The first kappa shape index (κ1) is 12.0. The topological polar surface area (TPSA) is 38.3 Å². The molecule has 0 aromatic carbocycles. The van der Waals surface area contributed by atoms with Gasteiger partial charge < -0.3 is 14.2 Å². The molecule has 0 spiro atoms. The second-order valence-corrected chi connectivity index (χ2v) is 4.27. The fourth-order valence-electron chi connectivity index (χ4n) is 2.05. The minimum Gasteiger partial charge on any atom is -0.467 e. The third-order valence-corrected chi connectivity index (χ3v) is 2.82. The standard InChI is InChI=1S/C14H19NO2/c1-4-7-15-14(13-6-5-8-16-13)12-9-10(2)17-11(12)3/h5-6,8-9,14-15H,4,7H2,1-3H3. The van der Waals surface area contributed by atoms with Crippen LogP contribution in [0, 0.1) is 13.8 Å². The summed E-state index contributed by atoms with van der Waals surface area (Å²) in [5.41, 5.74) is 1.16. The lowest BCUT2D eigenvalue weighted by atomic mass is 10.0. The van der Waals surface area contributed by atoms with E-state index in [4.69, 9.17) is 8.83 Å². The van der Waals surface area contributed by atoms with E-state index < -0.39 is 0 Å². The molecule has 0 bridgehead atoms. The number of aryl methyl sites for hydroxylation is 2. The zero-order chi connectivity index (χ0) is 12.3. The maximum atomic E-state index is 5.59. The highest BCUT2D eigenvalue weighted by molar-refractivity contribution is 5.30. The molecule has 92 valence electrons. The summed E-state index contributed by atoms with van der Waals surface area (Å²) >= 11 is 0. The molecule has 2 aromatic rings. The van der Waals surface area contributed by atoms with Crippen LogP contribution >= 0.6 is 0 Å². The van der Waals surface area contributed by atoms with Crippen molar-refractivity contribution in [1.82, 2.24) is 5.32 Å². The Morgan fingerprint density at radius 2 is 2.18 bits per heavy atom. The Morgan fingerprint density at radius 1 is 1.35 bits per heavy atom. The Bertz CT molecular complexity index is 457. The van der Waals surface area contributed by atoms with Gasteiger partial charge in [-0.05, 0) is 45.0 Å². The van der Waals surface area contributed by atoms with Crippen molar-refractivity contribution < 1.29 is 8.83 Å². The largest absolute Gasteiger partial charge is 0.467 e. The minimum atomic E-state index is 0.0856. The molecular weight excluding hydrogens is 214 g/mol. The molecule has 3 heteroatoms. The number of hydrogen-bond donors (Lipinski definition) is 1. The molecule has 0 saturated heterocycles. The van der Waals surface area contributed by atoms with Crippen LogP contribution < -0.4 is 5.32 Å². The Balaban J connectivity index is 2.30. The molecule has 0 fully saturated rings. The van der Waals surface area contributed by atoms with Crippen LogP contribution in [0.1, 0.15) is 42.2 Å². The van der Waals surface area contributed by atoms with E-state index in [1.807, 2.05) is 26.0 Å². The number of furan rings is 2. The first-order chi connectivity index (χ1) is 8.22. The molecular formula is C14H19NO2. The van der Waals surface area contributed by atoms with Gasteiger partial charge in [0, 0.05) is 5.56 Å². The van der Waals surface area contributed by atoms with Gasteiger partial charge in [-0.1, -0.05) is 6.92 Å². The van der Waals surface area contributed by atoms with Gasteiger partial charge in [0.2, 0.25) is 0 Å². The highest BCUT2D eigenvalue weighted by Crippen LogP contribution is 2.27. The van der Waals surface area contributed by atoms with E-state index in [1.165, 1.54) is 0 Å². The lowest BCUT2D eigenvalue weighted by Crippen LogP contribution is -2.22. The van der Waals surface area contributed by atoms with Gasteiger partial charge in [0.05, 0.1) is 12.3 Å². The summed E-state index contributed by atoms with van der Waals surface area (Å²) in [7, 11) is 0. The zero-order valence-electron chi connectivity index (χ0n) is 10.6. The lowest BCUT2D eigenvalue weighted by Gasteiger charge is -2.15. The molecule has 17 heavy (non-hydrogen) atoms. The van der Waals surface area contributed by atoms with Crippen LogP contribution in [0.4, 0.5) is 0 Å². The quantitative estimate of drug-likeness (QED) is 0.857. The van der Waals surface area contributed by atoms with E-state index in [9.17, 15) is 0 Å². The van der Waals surface area contributed by atoms with E-state index >= 15 is 0 Å². The molecule has 3 nitrogen and oxygen atoms in total. The summed E-state index contributed by atoms with van der Waals surface area (Å²) in [4.78, 5) is 0. The molecule has 0 aliphatic heterocycles. The molecule has 2 aromatic heterocycles. The van der Waals surface area contributed by atoms with Crippen LogP contribution in [0.2, 0.25) is 0 Å². The van der Waals surface area contributed by atoms with Gasteiger partial charge in [-0.3, -0.25) is 0 Å². The summed E-state index contributed by atoms with van der Waals surface area (Å²) in [6, 6.07) is 6.07. The molecule has 0 aliphatic carbocycles. The molecule has 0 amide bonds. The van der Waals surface area contributed by atoms with Crippen LogP contribution in [-0.2, 0) is 0 Å². The van der Waals surface area contributed by atoms with Crippen molar-refractivity contribution in [3.63, 3.8) is 0 Å². The summed E-state index contributed by atoms with van der Waals surface area (Å²) < 4.78 is 11.1. The zero-order valence-corrected chi connectivity index (χ0v) is 10.6. The Morgan fingerprint density at radius 3 is 2.71 bits per heavy atom. The smallest absolute Gasteiger partial charge is 0.125 e. The van der Waals surface area contributed by atoms with Crippen LogP contribution in [0.3, 0.4) is 0 Å². The van der Waals surface area contributed by atoms with Crippen molar-refractivity contribution in [3.05, 3.63) is 47.3 Å². The number of rotatable bonds is 5. The molecule has 1 unspecified atom stereocenters. The normalized spacial score (nSPS) is 12.9. The summed E-state index contributed by atoms with van der Waals surface area (Å²) in [6.45, 7) is 7.07. The van der Waals surface area contributed by atoms with Gasteiger partial charge in [0.25, 0.3) is 0 Å². The monoisotopic (exact) mass is 233 g/mol. The first-order valence-corrected chi connectivity index (χ1v) is 6.06. The Kier molecular flexibility index (Phi) is 3.69. The minimum absolute atomic E-state index is 0.0856. The van der Waals surface area contributed by atoms with Gasteiger partial charge in [-0.15, -0.1) is 0 Å². The lowest BCUT2D eigenvalue weighted by molar-refractivity contribution is 0.438. The van der Waals surface area contributed by atoms with E-state index in [0.29, 0.717) is 0 Å². The maximum Gasteiger partial charge on any atom is 0.125 e. The van der Waals surface area contributed by atoms with Crippen LogP contribution in [0.15, 0.2) is 33.3 Å². The van der Waals surface area contributed by atoms with Crippen molar-refractivity contribution in [2.75, 3.05) is 6.54 Å². The molecule has 0 saturated carbocycles. The second-order valence-electron chi connectivity index (χ2n) is 4.27. The van der Waals surface area contributed by atoms with Gasteiger partial charge in [-0.2, -0.15) is 0 Å². The number of nitrogens with one attached hydrogen (secondary N) is 1. The average molecular weight is 233 g/mol. The van der Waals surface area contributed by atoms with Crippen LogP contribution in [-0.4, -0.2) is 6.54 Å². The highest BCUT2D eigenvalue weighted by Gasteiger charge is 2.20. The third kappa shape index (κ3) is 2.61. The predicted molar refractivity (Wildman–Crippen MR) is 67.0 cm³/mol. The molecule has 0 radical (unpaired) electrons. The van der Waals surface area contributed by atoms with Gasteiger partial charge in [0.1, 0.15) is 17.3 Å². The molecule has 2 rings (SSSR count). The van der Waals surface area contributed by atoms with E-state index in [-0.39, 0.29) is 6.04 Å². The summed E-state index contributed by atoms with van der Waals surface area (Å²) in [5, 5.41) is 3.49. The predicted octanol–water partition coefficient (Wildman–Crippen LogP) is 3.58. The van der Waals surface area contributed by atoms with Gasteiger partial charge >= 0.3 is 0 Å². The Hall–Kier alpha value is -1.48. The average Bonchev–Trinajstić information content (AvgIpc) is 2.90. The van der Waals surface area contributed by atoms with E-state index in [1.54, 1.807) is 6.26 Å². The summed E-state index contributed by atoms with van der Waals surface area (Å²) in [5.74, 6) is 2.82. The van der Waals surface area contributed by atoms with Crippen molar-refractivity contribution in [3.8, 4) is 0 Å². The van der Waals surface area contributed by atoms with Crippen LogP contribution in [0.25, 0.3) is 0 Å². The maximum absolute atomic E-state index is 5.59. The third-order valence-electron chi connectivity index (χ3n) is 2.82. The van der Waals surface area contributed by atoms with Crippen LogP contribution in [0.5, 0.6) is 0 Å². The number of hydrogen-bond acceptors (Lipinski definition) is 3. The first-order valence-electron chi connectivity index (χ1n) is 6.06. The summed E-state index contributed by atoms with van der Waals surface area (Å²) in [6.07, 6.45) is 2.80. The SMILES string of the molecule is CCCNC(c1ccco1)c1cc(C)oc1C. The van der Waals surface area contributed by atoms with E-state index in [0.717, 1.165) is 35.8 Å². The highest BCUT2D eigenvalue weighted by atomic mass is 16.3. The fourth-order valence-corrected chi connectivity index (χ4v) is 2.05. The molecule has 1 atom stereocenters. The molecule has 0 aliphatic rings. The fraction of sp³-hybridized carbons (Fsp3) is 0.429. The van der Waals surface area contributed by atoms with Crippen molar-refractivity contribution in [2.24, 2.45) is 0 Å². The second kappa shape index (κ2) is 5.23. The van der Waals surface area contributed by atoms with Gasteiger partial charge in [-0.25, -0.2) is 0 Å².